The van der Waals surface area contributed by atoms with E-state index in [0.717, 1.165) is 21.9 Å². The number of hydrogen-bond donors (Lipinski definition) is 2. The van der Waals surface area contributed by atoms with Gasteiger partial charge in [-0.2, -0.15) is 0 Å². The number of H-pyrrole nitrogens is 1. The highest BCUT2D eigenvalue weighted by atomic mass is 35.5. The molecule has 49 heavy (non-hydrogen) atoms. The SMILES string of the molecule is CCOc1cc([C@H]2c3sc(=O)[nH]c3SC3C4CC(C5C(=O)N(c6ccc(Cl)cc6)C(=O)C45)C32)ccc1OCC(=O)Nc1ccc(Cl)c(Cl)c1. The van der Waals surface area contributed by atoms with Crippen LogP contribution in [0.4, 0.5) is 11.4 Å². The van der Waals surface area contributed by atoms with E-state index in [-0.39, 0.29) is 52.2 Å². The molecule has 1 aromatic heterocycles. The van der Waals surface area contributed by atoms with E-state index in [2.05, 4.69) is 10.3 Å². The number of ether oxygens (including phenoxy) is 2. The fraction of sp³-hybridized carbons (Fsp3) is 0.314. The number of imide groups is 1. The van der Waals surface area contributed by atoms with E-state index in [0.29, 0.717) is 44.5 Å². The maximum absolute atomic E-state index is 14.0. The summed E-state index contributed by atoms with van der Waals surface area (Å²) in [6, 6.07) is 17.2. The van der Waals surface area contributed by atoms with Crippen LogP contribution >= 0.6 is 57.9 Å². The van der Waals surface area contributed by atoms with Gasteiger partial charge in [-0.3, -0.25) is 24.1 Å². The third kappa shape index (κ3) is 5.54. The Morgan fingerprint density at radius 1 is 0.918 bits per heavy atom. The van der Waals surface area contributed by atoms with Crippen molar-refractivity contribution >= 4 is 87.0 Å². The van der Waals surface area contributed by atoms with Gasteiger partial charge in [0.2, 0.25) is 11.8 Å². The molecule has 3 heterocycles. The lowest BCUT2D eigenvalue weighted by Crippen LogP contribution is -2.42. The Bertz CT molecular complexity index is 2070. The highest BCUT2D eigenvalue weighted by Crippen LogP contribution is 2.68. The zero-order valence-electron chi connectivity index (χ0n) is 25.8. The summed E-state index contributed by atoms with van der Waals surface area (Å²) in [4.78, 5) is 58.5. The van der Waals surface area contributed by atoms with Crippen LogP contribution in [0.3, 0.4) is 0 Å². The monoisotopic (exact) mass is 755 g/mol. The van der Waals surface area contributed by atoms with Gasteiger partial charge in [0, 0.05) is 26.8 Å². The predicted molar refractivity (Wildman–Crippen MR) is 191 cm³/mol. The van der Waals surface area contributed by atoms with Crippen molar-refractivity contribution in [2.24, 2.45) is 29.6 Å². The van der Waals surface area contributed by atoms with Crippen molar-refractivity contribution in [3.63, 3.8) is 0 Å². The smallest absolute Gasteiger partial charge is 0.305 e. The average molecular weight is 757 g/mol. The standard InChI is InChI=1S/C35H28Cl3N3O6S2/c1-2-46-24-11-15(3-10-23(24)47-14-25(42)39-17-6-9-21(37)22(38)12-17)26-27-19-13-20(30(27)48-32-31(26)49-35(45)40-32)29-28(19)33(43)41(34(29)44)18-7-4-16(36)5-8-18/h3-12,19-20,26-30H,2,13-14H2,1H3,(H,39,42)(H,40,45)/t19?,20?,26-,27?,28?,29?,30?/m1/s1. The number of nitrogens with one attached hydrogen (secondary N) is 2. The molecular weight excluding hydrogens is 729 g/mol. The number of benzene rings is 3. The zero-order valence-corrected chi connectivity index (χ0v) is 29.7. The van der Waals surface area contributed by atoms with Gasteiger partial charge in [0.25, 0.3) is 5.91 Å². The lowest BCUT2D eigenvalue weighted by atomic mass is 9.68. The van der Waals surface area contributed by atoms with Crippen molar-refractivity contribution in [2.45, 2.75) is 29.5 Å². The molecule has 4 aromatic rings. The van der Waals surface area contributed by atoms with Gasteiger partial charge in [-0.05, 0) is 91.3 Å². The minimum absolute atomic E-state index is 0.00957. The van der Waals surface area contributed by atoms with Gasteiger partial charge in [-0.15, -0.1) is 11.8 Å². The highest BCUT2D eigenvalue weighted by molar-refractivity contribution is 8.00. The van der Waals surface area contributed by atoms with Crippen molar-refractivity contribution in [2.75, 3.05) is 23.4 Å². The summed E-state index contributed by atoms with van der Waals surface area (Å²) in [5.74, 6) is -0.961. The van der Waals surface area contributed by atoms with Crippen molar-refractivity contribution in [1.29, 1.82) is 0 Å². The van der Waals surface area contributed by atoms with Crippen molar-refractivity contribution in [3.05, 3.63) is 95.8 Å². The minimum atomic E-state index is -0.433. The predicted octanol–water partition coefficient (Wildman–Crippen LogP) is 7.49. The number of hydrogen-bond acceptors (Lipinski definition) is 8. The summed E-state index contributed by atoms with van der Waals surface area (Å²) in [5.41, 5.74) is 1.94. The first-order chi connectivity index (χ1) is 23.6. The molecule has 252 valence electrons. The summed E-state index contributed by atoms with van der Waals surface area (Å²) < 4.78 is 11.9. The Balaban J connectivity index is 1.09. The second-order valence-electron chi connectivity index (χ2n) is 12.6. The Hall–Kier alpha value is -3.48. The fourth-order valence-corrected chi connectivity index (χ4v) is 11.6. The van der Waals surface area contributed by atoms with Crippen molar-refractivity contribution in [3.8, 4) is 11.5 Å². The fourth-order valence-electron chi connectivity index (χ4n) is 8.25. The molecule has 6 unspecified atom stereocenters. The first kappa shape index (κ1) is 32.7. The van der Waals surface area contributed by atoms with Gasteiger partial charge < -0.3 is 19.8 Å². The third-order valence-electron chi connectivity index (χ3n) is 10.00. The van der Waals surface area contributed by atoms with Crippen LogP contribution in [-0.4, -0.2) is 41.2 Å². The molecule has 1 saturated heterocycles. The van der Waals surface area contributed by atoms with E-state index < -0.39 is 17.7 Å². The van der Waals surface area contributed by atoms with Crippen LogP contribution in [-0.2, 0) is 14.4 Å². The normalized spacial score (nSPS) is 26.4. The van der Waals surface area contributed by atoms with Crippen LogP contribution in [0.2, 0.25) is 15.1 Å². The molecule has 2 bridgehead atoms. The second kappa shape index (κ2) is 12.7. The number of aromatic amines is 1. The number of fused-ring (bicyclic) bond motifs is 9. The molecule has 3 amide bonds. The summed E-state index contributed by atoms with van der Waals surface area (Å²) in [5, 5.41) is 4.83. The maximum atomic E-state index is 14.0. The van der Waals surface area contributed by atoms with E-state index in [1.54, 1.807) is 60.3 Å². The Morgan fingerprint density at radius 2 is 1.67 bits per heavy atom. The van der Waals surface area contributed by atoms with Crippen molar-refractivity contribution in [1.82, 2.24) is 4.98 Å². The van der Waals surface area contributed by atoms with Crippen molar-refractivity contribution < 1.29 is 23.9 Å². The first-order valence-corrected chi connectivity index (χ1v) is 18.6. The van der Waals surface area contributed by atoms with Crippen LogP contribution in [0.1, 0.15) is 29.7 Å². The number of anilines is 2. The lowest BCUT2D eigenvalue weighted by Gasteiger charge is -2.43. The van der Waals surface area contributed by atoms with Gasteiger partial charge in [0.1, 0.15) is 0 Å². The summed E-state index contributed by atoms with van der Waals surface area (Å²) in [6.07, 6.45) is 0.771. The quantitative estimate of drug-likeness (QED) is 0.179. The molecule has 9 nitrogen and oxygen atoms in total. The Morgan fingerprint density at radius 3 is 2.41 bits per heavy atom. The molecule has 0 radical (unpaired) electrons. The first-order valence-electron chi connectivity index (χ1n) is 15.8. The number of amides is 3. The number of carbonyl (C=O) groups is 3. The topological polar surface area (TPSA) is 118 Å². The van der Waals surface area contributed by atoms with E-state index >= 15 is 0 Å². The van der Waals surface area contributed by atoms with E-state index in [4.69, 9.17) is 44.3 Å². The molecule has 2 aliphatic heterocycles. The number of rotatable bonds is 8. The van der Waals surface area contributed by atoms with E-state index in [1.165, 1.54) is 16.2 Å². The number of nitrogens with zero attached hydrogens (tertiary/aromatic N) is 1. The summed E-state index contributed by atoms with van der Waals surface area (Å²) in [7, 11) is 0. The minimum Gasteiger partial charge on any atom is -0.490 e. The van der Waals surface area contributed by atoms with Crippen LogP contribution in [0.25, 0.3) is 0 Å². The molecule has 2 N–H and O–H groups in total. The summed E-state index contributed by atoms with van der Waals surface area (Å²) in [6.45, 7) is 1.94. The van der Waals surface area contributed by atoms with Gasteiger partial charge in [-0.1, -0.05) is 52.2 Å². The number of thioether (sulfide) groups is 1. The third-order valence-corrected chi connectivity index (χ3v) is 13.6. The molecule has 3 fully saturated rings. The molecule has 4 aliphatic rings. The van der Waals surface area contributed by atoms with Gasteiger partial charge in [0.15, 0.2) is 18.1 Å². The molecule has 2 aliphatic carbocycles. The molecule has 8 rings (SSSR count). The van der Waals surface area contributed by atoms with E-state index in [1.807, 2.05) is 19.1 Å². The second-order valence-corrected chi connectivity index (χ2v) is 16.0. The largest absolute Gasteiger partial charge is 0.490 e. The van der Waals surface area contributed by atoms with Gasteiger partial charge in [0.05, 0.1) is 39.2 Å². The zero-order chi connectivity index (χ0) is 34.1. The number of thiazole rings is 1. The van der Waals surface area contributed by atoms with Crippen LogP contribution in [0.5, 0.6) is 11.5 Å². The van der Waals surface area contributed by atoms with Gasteiger partial charge >= 0.3 is 4.87 Å². The molecule has 2 saturated carbocycles. The summed E-state index contributed by atoms with van der Waals surface area (Å²) >= 11 is 21.0. The number of carbonyl (C=O) groups excluding carboxylic acids is 3. The Labute approximate surface area is 304 Å². The maximum Gasteiger partial charge on any atom is 0.305 e. The van der Waals surface area contributed by atoms with E-state index in [9.17, 15) is 19.2 Å². The number of halogens is 3. The van der Waals surface area contributed by atoms with Crippen LogP contribution in [0.15, 0.2) is 70.5 Å². The van der Waals surface area contributed by atoms with Crippen LogP contribution in [0, 0.1) is 29.6 Å². The lowest BCUT2D eigenvalue weighted by molar-refractivity contribution is -0.123. The Kier molecular flexibility index (Phi) is 8.47. The average Bonchev–Trinajstić information content (AvgIpc) is 3.81. The molecular formula is C35H28Cl3N3O6S2. The van der Waals surface area contributed by atoms with Crippen LogP contribution < -0.4 is 24.6 Å². The molecule has 3 aromatic carbocycles. The molecule has 7 atom stereocenters. The number of aromatic nitrogens is 1. The molecule has 14 heteroatoms. The highest BCUT2D eigenvalue weighted by Gasteiger charge is 2.69. The van der Waals surface area contributed by atoms with Gasteiger partial charge in [-0.25, -0.2) is 0 Å². The molecule has 0 spiro atoms.